The fraction of sp³-hybridized carbons (Fsp3) is 0.167. The number of imidazole rings is 1. The Kier molecular flexibility index (Phi) is 5.82. The first-order chi connectivity index (χ1) is 15.8. The van der Waals surface area contributed by atoms with Crippen molar-refractivity contribution in [2.45, 2.75) is 16.7 Å². The third-order valence-electron chi connectivity index (χ3n) is 5.40. The van der Waals surface area contributed by atoms with Crippen LogP contribution in [0.25, 0.3) is 11.0 Å². The fourth-order valence-electron chi connectivity index (χ4n) is 3.70. The van der Waals surface area contributed by atoms with Crippen LogP contribution in [0.1, 0.15) is 17.3 Å². The maximum absolute atomic E-state index is 13.5. The standard InChI is InChI=1S/C24H23N3O5S/c1-4-32-21-13-9-8-12-17(21)23(28)25-18-14-19-20(27(3)24(29)26(19)2)15-22(18)33(30,31)16-10-6-5-7-11-16/h5-15H,4H2,1-3H3,(H,25,28). The van der Waals surface area contributed by atoms with Crippen molar-refractivity contribution in [3.05, 3.63) is 82.8 Å². The third kappa shape index (κ3) is 3.91. The highest BCUT2D eigenvalue weighted by molar-refractivity contribution is 7.91. The van der Waals surface area contributed by atoms with Crippen molar-refractivity contribution >= 4 is 32.5 Å². The van der Waals surface area contributed by atoms with Gasteiger partial charge in [-0.3, -0.25) is 13.9 Å². The monoisotopic (exact) mass is 465 g/mol. The molecule has 4 rings (SSSR count). The van der Waals surface area contributed by atoms with Crippen molar-refractivity contribution in [2.75, 3.05) is 11.9 Å². The number of amides is 1. The molecule has 3 aromatic carbocycles. The SMILES string of the molecule is CCOc1ccccc1C(=O)Nc1cc2c(cc1S(=O)(=O)c1ccccc1)n(C)c(=O)n2C. The van der Waals surface area contributed by atoms with E-state index < -0.39 is 15.7 Å². The average Bonchev–Trinajstić information content (AvgIpc) is 3.03. The molecule has 0 spiro atoms. The third-order valence-corrected chi connectivity index (χ3v) is 7.21. The smallest absolute Gasteiger partial charge is 0.328 e. The lowest BCUT2D eigenvalue weighted by Crippen LogP contribution is -2.19. The van der Waals surface area contributed by atoms with Gasteiger partial charge < -0.3 is 10.1 Å². The van der Waals surface area contributed by atoms with Gasteiger partial charge in [0, 0.05) is 14.1 Å². The van der Waals surface area contributed by atoms with Gasteiger partial charge in [0.05, 0.1) is 38.7 Å². The molecule has 170 valence electrons. The molecule has 0 saturated heterocycles. The molecule has 0 aliphatic heterocycles. The molecule has 1 N–H and O–H groups in total. The molecular formula is C24H23N3O5S. The summed E-state index contributed by atoms with van der Waals surface area (Å²) in [4.78, 5) is 25.6. The minimum Gasteiger partial charge on any atom is -0.493 e. The summed E-state index contributed by atoms with van der Waals surface area (Å²) in [6, 6.07) is 17.6. The average molecular weight is 466 g/mol. The number of fused-ring (bicyclic) bond motifs is 1. The van der Waals surface area contributed by atoms with Crippen LogP contribution < -0.4 is 15.7 Å². The zero-order valence-electron chi connectivity index (χ0n) is 18.4. The molecule has 1 amide bonds. The molecule has 8 nitrogen and oxygen atoms in total. The Hall–Kier alpha value is -3.85. The Labute approximate surface area is 191 Å². The number of benzene rings is 3. The van der Waals surface area contributed by atoms with Gasteiger partial charge in [-0.1, -0.05) is 30.3 Å². The molecule has 4 aromatic rings. The van der Waals surface area contributed by atoms with Crippen molar-refractivity contribution in [3.63, 3.8) is 0 Å². The van der Waals surface area contributed by atoms with Crippen molar-refractivity contribution in [2.24, 2.45) is 14.1 Å². The van der Waals surface area contributed by atoms with Crippen LogP contribution in [0.15, 0.2) is 81.3 Å². The summed E-state index contributed by atoms with van der Waals surface area (Å²) in [6.07, 6.45) is 0. The van der Waals surface area contributed by atoms with Gasteiger partial charge in [0.15, 0.2) is 0 Å². The van der Waals surface area contributed by atoms with E-state index in [2.05, 4.69) is 5.32 Å². The first-order valence-electron chi connectivity index (χ1n) is 10.3. The lowest BCUT2D eigenvalue weighted by Gasteiger charge is -2.15. The van der Waals surface area contributed by atoms with E-state index in [0.29, 0.717) is 23.4 Å². The molecule has 0 aliphatic carbocycles. The number of hydrogen-bond donors (Lipinski definition) is 1. The molecule has 1 heterocycles. The van der Waals surface area contributed by atoms with Gasteiger partial charge in [-0.25, -0.2) is 13.2 Å². The molecule has 1 aromatic heterocycles. The van der Waals surface area contributed by atoms with Crippen LogP contribution in [0.4, 0.5) is 5.69 Å². The molecule has 9 heteroatoms. The normalized spacial score (nSPS) is 11.5. The maximum Gasteiger partial charge on any atom is 0.328 e. The molecular weight excluding hydrogens is 442 g/mol. The summed E-state index contributed by atoms with van der Waals surface area (Å²) in [7, 11) is -0.841. The van der Waals surface area contributed by atoms with E-state index in [9.17, 15) is 18.0 Å². The second kappa shape index (κ2) is 8.59. The van der Waals surface area contributed by atoms with Crippen LogP contribution in [-0.4, -0.2) is 30.1 Å². The molecule has 0 aliphatic rings. The minimum absolute atomic E-state index is 0.0730. The van der Waals surface area contributed by atoms with E-state index >= 15 is 0 Å². The number of carbonyl (C=O) groups is 1. The summed E-state index contributed by atoms with van der Waals surface area (Å²) in [6.45, 7) is 2.18. The van der Waals surface area contributed by atoms with E-state index in [0.717, 1.165) is 0 Å². The Morgan fingerprint density at radius 1 is 0.939 bits per heavy atom. The van der Waals surface area contributed by atoms with Crippen LogP contribution in [0.5, 0.6) is 5.75 Å². The molecule has 0 fully saturated rings. The molecule has 0 bridgehead atoms. The number of rotatable bonds is 6. The van der Waals surface area contributed by atoms with E-state index in [1.807, 2.05) is 6.92 Å². The van der Waals surface area contributed by atoms with Crippen LogP contribution in [0.3, 0.4) is 0 Å². The van der Waals surface area contributed by atoms with Crippen LogP contribution in [0.2, 0.25) is 0 Å². The highest BCUT2D eigenvalue weighted by Gasteiger charge is 2.26. The van der Waals surface area contributed by atoms with Crippen molar-refractivity contribution in [3.8, 4) is 5.75 Å². The zero-order chi connectivity index (χ0) is 23.8. The van der Waals surface area contributed by atoms with Crippen LogP contribution in [-0.2, 0) is 23.9 Å². The number of aromatic nitrogens is 2. The van der Waals surface area contributed by atoms with Crippen LogP contribution in [0, 0.1) is 0 Å². The Balaban J connectivity index is 1.92. The fourth-order valence-corrected chi connectivity index (χ4v) is 5.13. The summed E-state index contributed by atoms with van der Waals surface area (Å²) in [5, 5.41) is 2.73. The molecule has 33 heavy (non-hydrogen) atoms. The number of sulfone groups is 1. The second-order valence-corrected chi connectivity index (χ2v) is 9.36. The summed E-state index contributed by atoms with van der Waals surface area (Å²) in [5.41, 5.74) is 0.958. The number of ether oxygens (including phenoxy) is 1. The number of anilines is 1. The predicted octanol–water partition coefficient (Wildman–Crippen LogP) is 3.36. The molecule has 0 saturated carbocycles. The highest BCUT2D eigenvalue weighted by Crippen LogP contribution is 2.32. The number of aryl methyl sites for hydroxylation is 2. The van der Waals surface area contributed by atoms with Crippen LogP contribution >= 0.6 is 0 Å². The van der Waals surface area contributed by atoms with Gasteiger partial charge in [-0.2, -0.15) is 0 Å². The highest BCUT2D eigenvalue weighted by atomic mass is 32.2. The Bertz CT molecular complexity index is 1520. The van der Waals surface area contributed by atoms with Gasteiger partial charge in [-0.05, 0) is 43.3 Å². The number of para-hydroxylation sites is 1. The van der Waals surface area contributed by atoms with Gasteiger partial charge in [0.25, 0.3) is 5.91 Å². The summed E-state index contributed by atoms with van der Waals surface area (Å²) >= 11 is 0. The molecule has 0 unspecified atom stereocenters. The largest absolute Gasteiger partial charge is 0.493 e. The van der Waals surface area contributed by atoms with Crippen molar-refractivity contribution in [1.82, 2.24) is 9.13 Å². The predicted molar refractivity (Wildman–Crippen MR) is 126 cm³/mol. The van der Waals surface area contributed by atoms with Gasteiger partial charge in [0.2, 0.25) is 9.84 Å². The Morgan fingerprint density at radius 3 is 2.21 bits per heavy atom. The van der Waals surface area contributed by atoms with E-state index in [1.165, 1.54) is 33.4 Å². The maximum atomic E-state index is 13.5. The summed E-state index contributed by atoms with van der Waals surface area (Å²) in [5.74, 6) is -0.137. The van der Waals surface area contributed by atoms with Gasteiger partial charge >= 0.3 is 5.69 Å². The molecule has 0 radical (unpaired) electrons. The second-order valence-electron chi connectivity index (χ2n) is 7.44. The number of nitrogens with zero attached hydrogens (tertiary/aromatic N) is 2. The zero-order valence-corrected chi connectivity index (χ0v) is 19.2. The quantitative estimate of drug-likeness (QED) is 0.471. The lowest BCUT2D eigenvalue weighted by molar-refractivity contribution is 0.102. The van der Waals surface area contributed by atoms with Crippen molar-refractivity contribution < 1.29 is 17.9 Å². The van der Waals surface area contributed by atoms with Crippen molar-refractivity contribution in [1.29, 1.82) is 0 Å². The summed E-state index contributed by atoms with van der Waals surface area (Å²) < 4.78 is 35.4. The Morgan fingerprint density at radius 2 is 1.55 bits per heavy atom. The van der Waals surface area contributed by atoms with Gasteiger partial charge in [-0.15, -0.1) is 0 Å². The topological polar surface area (TPSA) is 99.4 Å². The lowest BCUT2D eigenvalue weighted by atomic mass is 10.1. The first-order valence-corrected chi connectivity index (χ1v) is 11.8. The number of carbonyl (C=O) groups excluding carboxylic acids is 1. The molecule has 0 atom stereocenters. The first kappa shape index (κ1) is 22.3. The van der Waals surface area contributed by atoms with E-state index in [-0.39, 0.29) is 26.7 Å². The number of nitrogens with one attached hydrogen (secondary N) is 1. The van der Waals surface area contributed by atoms with Gasteiger partial charge in [0.1, 0.15) is 5.75 Å². The minimum atomic E-state index is -4.00. The number of hydrogen-bond acceptors (Lipinski definition) is 5. The van der Waals surface area contributed by atoms with E-state index in [4.69, 9.17) is 4.74 Å². The van der Waals surface area contributed by atoms with E-state index in [1.54, 1.807) is 56.6 Å².